The van der Waals surface area contributed by atoms with E-state index in [1.54, 1.807) is 18.2 Å². The zero-order valence-corrected chi connectivity index (χ0v) is 24.0. The van der Waals surface area contributed by atoms with Gasteiger partial charge in [-0.2, -0.15) is 4.31 Å². The second-order valence-electron chi connectivity index (χ2n) is 11.0. The molecule has 0 heterocycles. The van der Waals surface area contributed by atoms with Crippen LogP contribution < -0.4 is 5.32 Å². The van der Waals surface area contributed by atoms with E-state index < -0.39 is 22.1 Å². The van der Waals surface area contributed by atoms with Gasteiger partial charge in [0.25, 0.3) is 0 Å². The highest BCUT2D eigenvalue weighted by molar-refractivity contribution is 7.89. The molecule has 1 aliphatic carbocycles. The van der Waals surface area contributed by atoms with Crippen LogP contribution in [-0.4, -0.2) is 60.7 Å². The molecule has 1 unspecified atom stereocenters. The molecule has 0 aliphatic heterocycles. The van der Waals surface area contributed by atoms with Crippen molar-refractivity contribution in [2.45, 2.75) is 49.6 Å². The third-order valence-electron chi connectivity index (χ3n) is 7.31. The first-order chi connectivity index (χ1) is 18.4. The van der Waals surface area contributed by atoms with E-state index in [1.807, 2.05) is 0 Å². The number of halogens is 1. The Bertz CT molecular complexity index is 1410. The summed E-state index contributed by atoms with van der Waals surface area (Å²) in [4.78, 5) is 11.3. The van der Waals surface area contributed by atoms with Crippen LogP contribution in [0.25, 0.3) is 11.1 Å². The van der Waals surface area contributed by atoms with Crippen molar-refractivity contribution in [3.8, 4) is 11.1 Å². The number of carbonyl (C=O) groups is 1. The van der Waals surface area contributed by atoms with Crippen LogP contribution in [0.1, 0.15) is 41.8 Å². The van der Waals surface area contributed by atoms with E-state index in [0.717, 1.165) is 23.6 Å². The van der Waals surface area contributed by atoms with Gasteiger partial charge in [0, 0.05) is 25.7 Å². The molecule has 39 heavy (non-hydrogen) atoms. The summed E-state index contributed by atoms with van der Waals surface area (Å²) in [7, 11) is -2.36. The van der Waals surface area contributed by atoms with Crippen molar-refractivity contribution in [2.75, 3.05) is 20.1 Å². The zero-order chi connectivity index (χ0) is 28.4. The largest absolute Gasteiger partial charge is 0.478 e. The Morgan fingerprint density at radius 2 is 1.64 bits per heavy atom. The van der Waals surface area contributed by atoms with E-state index in [2.05, 4.69) is 43.4 Å². The second-order valence-corrected chi connectivity index (χ2v) is 13.4. The first-order valence-electron chi connectivity index (χ1n) is 13.0. The monoisotopic (exact) mass is 570 g/mol. The summed E-state index contributed by atoms with van der Waals surface area (Å²) in [6, 6.07) is 19.4. The van der Waals surface area contributed by atoms with Gasteiger partial charge in [0.15, 0.2) is 0 Å². The lowest BCUT2D eigenvalue weighted by molar-refractivity contribution is 0.0697. The van der Waals surface area contributed by atoms with Crippen molar-refractivity contribution in [2.24, 2.45) is 5.92 Å². The molecule has 1 atom stereocenters. The number of hydrogen-bond acceptors (Lipinski definition) is 5. The lowest BCUT2D eigenvalue weighted by Crippen LogP contribution is -2.47. The van der Waals surface area contributed by atoms with Crippen LogP contribution in [0.2, 0.25) is 5.02 Å². The van der Waals surface area contributed by atoms with Gasteiger partial charge in [0.1, 0.15) is 0 Å². The fourth-order valence-electron chi connectivity index (χ4n) is 5.31. The number of likely N-dealkylation sites (N-methyl/N-ethyl adjacent to an activating group) is 1. The Kier molecular flexibility index (Phi) is 8.83. The first kappa shape index (κ1) is 29.2. The molecule has 0 amide bonds. The van der Waals surface area contributed by atoms with Gasteiger partial charge in [0.05, 0.1) is 21.6 Å². The maximum absolute atomic E-state index is 13.1. The van der Waals surface area contributed by atoms with Crippen molar-refractivity contribution in [1.82, 2.24) is 9.62 Å². The Morgan fingerprint density at radius 1 is 1.05 bits per heavy atom. The number of nitrogens with one attached hydrogen (secondary N) is 1. The smallest absolute Gasteiger partial charge is 0.337 e. The molecule has 0 saturated carbocycles. The van der Waals surface area contributed by atoms with Crippen LogP contribution in [0.3, 0.4) is 0 Å². The normalized spacial score (nSPS) is 14.9. The number of carboxylic acids is 1. The number of benzene rings is 3. The van der Waals surface area contributed by atoms with Crippen molar-refractivity contribution < 1.29 is 23.4 Å². The molecule has 0 bridgehead atoms. The van der Waals surface area contributed by atoms with E-state index in [-0.39, 0.29) is 34.1 Å². The van der Waals surface area contributed by atoms with Gasteiger partial charge in [-0.05, 0) is 85.5 Å². The molecule has 0 aromatic heterocycles. The second kappa shape index (κ2) is 11.8. The number of β-amino-alcohol motifs (C(OH)–C–C–N with tert-alkyl or cyclic N) is 1. The van der Waals surface area contributed by atoms with Gasteiger partial charge >= 0.3 is 5.97 Å². The number of aliphatic hydroxyl groups excluding tert-OH is 1. The third kappa shape index (κ3) is 7.07. The number of fused-ring (bicyclic) bond motifs is 1. The van der Waals surface area contributed by atoms with E-state index in [1.165, 1.54) is 42.4 Å². The van der Waals surface area contributed by atoms with Crippen molar-refractivity contribution >= 4 is 27.6 Å². The highest BCUT2D eigenvalue weighted by atomic mass is 35.5. The average molecular weight is 571 g/mol. The molecule has 7 nitrogen and oxygen atoms in total. The summed E-state index contributed by atoms with van der Waals surface area (Å²) >= 11 is 6.07. The minimum Gasteiger partial charge on any atom is -0.478 e. The molecule has 0 spiro atoms. The van der Waals surface area contributed by atoms with Gasteiger partial charge in [-0.25, -0.2) is 13.2 Å². The van der Waals surface area contributed by atoms with Gasteiger partial charge in [-0.1, -0.05) is 54.1 Å². The van der Waals surface area contributed by atoms with Crippen LogP contribution >= 0.6 is 11.6 Å². The van der Waals surface area contributed by atoms with E-state index >= 15 is 0 Å². The summed E-state index contributed by atoms with van der Waals surface area (Å²) in [6.45, 7) is 4.47. The highest BCUT2D eigenvalue weighted by Crippen LogP contribution is 2.32. The predicted molar refractivity (Wildman–Crippen MR) is 154 cm³/mol. The zero-order valence-electron chi connectivity index (χ0n) is 22.4. The number of aliphatic hydroxyl groups is 1. The first-order valence-corrected chi connectivity index (χ1v) is 14.8. The SMILES string of the molecule is CN(CC(O)CNC(C)(C)CC1Cc2ccccc2C1)S(=O)(=O)c1ccc(-c2ccc(C(=O)O)c(Cl)c2)cc1. The topological polar surface area (TPSA) is 107 Å². The molecule has 3 aromatic rings. The molecule has 0 saturated heterocycles. The predicted octanol–water partition coefficient (Wildman–Crippen LogP) is 4.86. The van der Waals surface area contributed by atoms with Crippen LogP contribution in [0.15, 0.2) is 71.6 Å². The molecule has 1 aliphatic rings. The van der Waals surface area contributed by atoms with Gasteiger partial charge in [-0.15, -0.1) is 0 Å². The molecular formula is C30H35ClN2O5S. The standard InChI is InChI=1S/C30H35ClN2O5S/c1-30(2,17-20-14-22-6-4-5-7-23(22)15-20)32-18-25(34)19-33(3)39(37,38)26-11-8-21(9-12-26)24-10-13-27(29(35)36)28(31)16-24/h4-13,16,20,25,32,34H,14-15,17-19H2,1-3H3,(H,35,36). The Balaban J connectivity index is 1.32. The Morgan fingerprint density at radius 3 is 2.21 bits per heavy atom. The number of carboxylic acid groups (broad SMARTS) is 1. The molecule has 3 aromatic carbocycles. The summed E-state index contributed by atoms with van der Waals surface area (Å²) in [5.41, 5.74) is 4.00. The molecular weight excluding hydrogens is 536 g/mol. The van der Waals surface area contributed by atoms with Gasteiger partial charge in [-0.3, -0.25) is 0 Å². The average Bonchev–Trinajstić information content (AvgIpc) is 3.29. The van der Waals surface area contributed by atoms with E-state index in [0.29, 0.717) is 17.0 Å². The molecule has 208 valence electrons. The maximum atomic E-state index is 13.1. The Hall–Kier alpha value is -2.75. The van der Waals surface area contributed by atoms with E-state index in [4.69, 9.17) is 16.7 Å². The quantitative estimate of drug-likeness (QED) is 0.304. The molecule has 0 fully saturated rings. The highest BCUT2D eigenvalue weighted by Gasteiger charge is 2.29. The summed E-state index contributed by atoms with van der Waals surface area (Å²) in [6.07, 6.45) is 2.20. The van der Waals surface area contributed by atoms with Crippen LogP contribution in [0.5, 0.6) is 0 Å². The number of sulfonamides is 1. The number of nitrogens with zero attached hydrogens (tertiary/aromatic N) is 1. The Labute approximate surface area is 235 Å². The van der Waals surface area contributed by atoms with Crippen LogP contribution in [0.4, 0.5) is 0 Å². The van der Waals surface area contributed by atoms with Crippen LogP contribution in [-0.2, 0) is 22.9 Å². The van der Waals surface area contributed by atoms with Gasteiger partial charge in [0.2, 0.25) is 10.0 Å². The minimum absolute atomic E-state index is 0.00165. The van der Waals surface area contributed by atoms with E-state index in [9.17, 15) is 18.3 Å². The fourth-order valence-corrected chi connectivity index (χ4v) is 6.78. The summed E-state index contributed by atoms with van der Waals surface area (Å²) in [5.74, 6) is -0.573. The molecule has 9 heteroatoms. The summed E-state index contributed by atoms with van der Waals surface area (Å²) < 4.78 is 27.4. The maximum Gasteiger partial charge on any atom is 0.337 e. The third-order valence-corrected chi connectivity index (χ3v) is 9.46. The van der Waals surface area contributed by atoms with Crippen molar-refractivity contribution in [1.29, 1.82) is 0 Å². The van der Waals surface area contributed by atoms with Crippen molar-refractivity contribution in [3.05, 3.63) is 88.4 Å². The number of hydrogen-bond donors (Lipinski definition) is 3. The fraction of sp³-hybridized carbons (Fsp3) is 0.367. The molecule has 4 rings (SSSR count). The lowest BCUT2D eigenvalue weighted by atomic mass is 9.88. The van der Waals surface area contributed by atoms with Crippen LogP contribution in [0, 0.1) is 5.92 Å². The number of aromatic carboxylic acids is 1. The minimum atomic E-state index is -3.82. The van der Waals surface area contributed by atoms with Crippen molar-refractivity contribution in [3.63, 3.8) is 0 Å². The summed E-state index contributed by atoms with van der Waals surface area (Å²) in [5, 5.41) is 23.3. The van der Waals surface area contributed by atoms with Gasteiger partial charge < -0.3 is 15.5 Å². The lowest BCUT2D eigenvalue weighted by Gasteiger charge is -2.31. The molecule has 0 radical (unpaired) electrons. The molecule has 3 N–H and O–H groups in total. The number of rotatable bonds is 11.